The van der Waals surface area contributed by atoms with E-state index in [1.807, 2.05) is 0 Å². The SMILES string of the molecule is CC1CCN(CCCNCc2ccccc2)CC1. The van der Waals surface area contributed by atoms with Crippen LogP contribution in [-0.4, -0.2) is 31.1 Å². The van der Waals surface area contributed by atoms with Gasteiger partial charge in [-0.15, -0.1) is 0 Å². The lowest BCUT2D eigenvalue weighted by atomic mass is 9.99. The molecule has 2 rings (SSSR count). The Kier molecular flexibility index (Phi) is 5.69. The van der Waals surface area contributed by atoms with E-state index in [2.05, 4.69) is 47.5 Å². The van der Waals surface area contributed by atoms with Gasteiger partial charge in [0.15, 0.2) is 0 Å². The molecule has 0 atom stereocenters. The Morgan fingerprint density at radius 1 is 1.17 bits per heavy atom. The van der Waals surface area contributed by atoms with Crippen molar-refractivity contribution in [3.63, 3.8) is 0 Å². The summed E-state index contributed by atoms with van der Waals surface area (Å²) in [5, 5.41) is 3.52. The zero-order valence-electron chi connectivity index (χ0n) is 11.6. The van der Waals surface area contributed by atoms with E-state index in [-0.39, 0.29) is 0 Å². The minimum Gasteiger partial charge on any atom is -0.313 e. The minimum absolute atomic E-state index is 0.942. The largest absolute Gasteiger partial charge is 0.313 e. The lowest BCUT2D eigenvalue weighted by Crippen LogP contribution is -2.34. The third kappa shape index (κ3) is 4.79. The second-order valence-electron chi connectivity index (χ2n) is 5.54. The molecule has 0 spiro atoms. The van der Waals surface area contributed by atoms with Crippen LogP contribution in [0.15, 0.2) is 30.3 Å². The van der Waals surface area contributed by atoms with E-state index in [0.29, 0.717) is 0 Å². The van der Waals surface area contributed by atoms with Gasteiger partial charge in [-0.05, 0) is 56.9 Å². The molecular formula is C16H26N2. The lowest BCUT2D eigenvalue weighted by molar-refractivity contribution is 0.190. The maximum atomic E-state index is 3.52. The van der Waals surface area contributed by atoms with Crippen molar-refractivity contribution in [2.24, 2.45) is 5.92 Å². The van der Waals surface area contributed by atoms with Crippen molar-refractivity contribution < 1.29 is 0 Å². The summed E-state index contributed by atoms with van der Waals surface area (Å²) in [6, 6.07) is 10.6. The first-order chi connectivity index (χ1) is 8.84. The summed E-state index contributed by atoms with van der Waals surface area (Å²) >= 11 is 0. The Morgan fingerprint density at radius 3 is 2.61 bits per heavy atom. The van der Waals surface area contributed by atoms with Crippen LogP contribution in [0.1, 0.15) is 31.7 Å². The molecular weight excluding hydrogens is 220 g/mol. The van der Waals surface area contributed by atoms with Crippen LogP contribution in [0.3, 0.4) is 0 Å². The molecule has 1 N–H and O–H groups in total. The third-order valence-electron chi connectivity index (χ3n) is 3.88. The van der Waals surface area contributed by atoms with Crippen molar-refractivity contribution in [1.29, 1.82) is 0 Å². The highest BCUT2D eigenvalue weighted by Crippen LogP contribution is 2.15. The normalized spacial score (nSPS) is 18.1. The maximum Gasteiger partial charge on any atom is 0.0205 e. The maximum absolute atomic E-state index is 3.52. The average Bonchev–Trinajstić information content (AvgIpc) is 2.42. The van der Waals surface area contributed by atoms with Crippen molar-refractivity contribution in [1.82, 2.24) is 10.2 Å². The zero-order valence-corrected chi connectivity index (χ0v) is 11.6. The number of benzene rings is 1. The Balaban J connectivity index is 1.51. The predicted molar refractivity (Wildman–Crippen MR) is 77.6 cm³/mol. The molecule has 100 valence electrons. The molecule has 0 saturated carbocycles. The summed E-state index contributed by atoms with van der Waals surface area (Å²) < 4.78 is 0. The molecule has 1 aliphatic rings. The van der Waals surface area contributed by atoms with E-state index in [0.717, 1.165) is 19.0 Å². The Bertz CT molecular complexity index is 315. The highest BCUT2D eigenvalue weighted by Gasteiger charge is 2.14. The predicted octanol–water partition coefficient (Wildman–Crippen LogP) is 2.90. The van der Waals surface area contributed by atoms with E-state index < -0.39 is 0 Å². The molecule has 1 aromatic rings. The van der Waals surface area contributed by atoms with Crippen molar-refractivity contribution in [3.8, 4) is 0 Å². The van der Waals surface area contributed by atoms with E-state index in [1.54, 1.807) is 0 Å². The number of piperidine rings is 1. The molecule has 0 bridgehead atoms. The summed E-state index contributed by atoms with van der Waals surface area (Å²) in [6.07, 6.45) is 4.04. The summed E-state index contributed by atoms with van der Waals surface area (Å²) in [4.78, 5) is 2.62. The van der Waals surface area contributed by atoms with E-state index >= 15 is 0 Å². The van der Waals surface area contributed by atoms with Crippen LogP contribution in [0.2, 0.25) is 0 Å². The fourth-order valence-electron chi connectivity index (χ4n) is 2.54. The van der Waals surface area contributed by atoms with E-state index in [9.17, 15) is 0 Å². The number of nitrogens with one attached hydrogen (secondary N) is 1. The quantitative estimate of drug-likeness (QED) is 0.776. The van der Waals surface area contributed by atoms with Gasteiger partial charge in [-0.3, -0.25) is 0 Å². The lowest BCUT2D eigenvalue weighted by Gasteiger charge is -2.30. The van der Waals surface area contributed by atoms with Crippen LogP contribution in [0, 0.1) is 5.92 Å². The van der Waals surface area contributed by atoms with Gasteiger partial charge in [0, 0.05) is 6.54 Å². The second-order valence-corrected chi connectivity index (χ2v) is 5.54. The minimum atomic E-state index is 0.942. The summed E-state index contributed by atoms with van der Waals surface area (Å²) in [6.45, 7) is 8.37. The van der Waals surface area contributed by atoms with Crippen LogP contribution < -0.4 is 5.32 Å². The zero-order chi connectivity index (χ0) is 12.6. The van der Waals surface area contributed by atoms with Gasteiger partial charge in [0.1, 0.15) is 0 Å². The molecule has 0 radical (unpaired) electrons. The van der Waals surface area contributed by atoms with Crippen molar-refractivity contribution in [2.75, 3.05) is 26.2 Å². The Labute approximate surface area is 111 Å². The summed E-state index contributed by atoms with van der Waals surface area (Å²) in [5.41, 5.74) is 1.38. The van der Waals surface area contributed by atoms with Gasteiger partial charge in [0.25, 0.3) is 0 Å². The standard InChI is InChI=1S/C16H26N2/c1-15-8-12-18(13-9-15)11-5-10-17-14-16-6-3-2-4-7-16/h2-4,6-7,15,17H,5,8-14H2,1H3. The summed E-state index contributed by atoms with van der Waals surface area (Å²) in [5.74, 6) is 0.942. The first-order valence-electron chi connectivity index (χ1n) is 7.31. The van der Waals surface area contributed by atoms with Gasteiger partial charge in [0.05, 0.1) is 0 Å². The molecule has 18 heavy (non-hydrogen) atoms. The third-order valence-corrected chi connectivity index (χ3v) is 3.88. The van der Waals surface area contributed by atoms with Gasteiger partial charge in [-0.25, -0.2) is 0 Å². The van der Waals surface area contributed by atoms with Gasteiger partial charge >= 0.3 is 0 Å². The van der Waals surface area contributed by atoms with Crippen LogP contribution in [-0.2, 0) is 6.54 Å². The molecule has 1 aliphatic heterocycles. The van der Waals surface area contributed by atoms with Gasteiger partial charge in [0.2, 0.25) is 0 Å². The monoisotopic (exact) mass is 246 g/mol. The Hall–Kier alpha value is -0.860. The molecule has 0 aliphatic carbocycles. The van der Waals surface area contributed by atoms with Crippen LogP contribution in [0.4, 0.5) is 0 Å². The topological polar surface area (TPSA) is 15.3 Å². The molecule has 1 heterocycles. The molecule has 1 saturated heterocycles. The molecule has 2 nitrogen and oxygen atoms in total. The number of likely N-dealkylation sites (tertiary alicyclic amines) is 1. The molecule has 1 fully saturated rings. The highest BCUT2D eigenvalue weighted by atomic mass is 15.1. The molecule has 0 amide bonds. The fourth-order valence-corrected chi connectivity index (χ4v) is 2.54. The molecule has 2 heteroatoms. The first-order valence-corrected chi connectivity index (χ1v) is 7.31. The number of rotatable bonds is 6. The highest BCUT2D eigenvalue weighted by molar-refractivity contribution is 5.14. The van der Waals surface area contributed by atoms with Crippen LogP contribution in [0.5, 0.6) is 0 Å². The average molecular weight is 246 g/mol. The number of hydrogen-bond acceptors (Lipinski definition) is 2. The van der Waals surface area contributed by atoms with Crippen LogP contribution in [0.25, 0.3) is 0 Å². The Morgan fingerprint density at radius 2 is 1.89 bits per heavy atom. The van der Waals surface area contributed by atoms with Gasteiger partial charge in [-0.2, -0.15) is 0 Å². The molecule has 0 aromatic heterocycles. The van der Waals surface area contributed by atoms with Crippen molar-refractivity contribution >= 4 is 0 Å². The smallest absolute Gasteiger partial charge is 0.0205 e. The number of nitrogens with zero attached hydrogens (tertiary/aromatic N) is 1. The second kappa shape index (κ2) is 7.55. The molecule has 0 unspecified atom stereocenters. The number of hydrogen-bond donors (Lipinski definition) is 1. The van der Waals surface area contributed by atoms with Crippen molar-refractivity contribution in [3.05, 3.63) is 35.9 Å². The van der Waals surface area contributed by atoms with Crippen molar-refractivity contribution in [2.45, 2.75) is 32.7 Å². The fraction of sp³-hybridized carbons (Fsp3) is 0.625. The molecule has 1 aromatic carbocycles. The summed E-state index contributed by atoms with van der Waals surface area (Å²) in [7, 11) is 0. The van der Waals surface area contributed by atoms with Crippen LogP contribution >= 0.6 is 0 Å². The van der Waals surface area contributed by atoms with Gasteiger partial charge in [-0.1, -0.05) is 37.3 Å². The first kappa shape index (κ1) is 13.6. The van der Waals surface area contributed by atoms with E-state index in [4.69, 9.17) is 0 Å². The van der Waals surface area contributed by atoms with E-state index in [1.165, 1.54) is 44.5 Å². The van der Waals surface area contributed by atoms with Gasteiger partial charge < -0.3 is 10.2 Å².